The molecule has 0 N–H and O–H groups in total. The van der Waals surface area contributed by atoms with Crippen molar-refractivity contribution in [3.8, 4) is 24.7 Å². The molecule has 1 rings (SSSR count). The van der Waals surface area contributed by atoms with Crippen molar-refractivity contribution in [2.45, 2.75) is 65.7 Å². The van der Waals surface area contributed by atoms with E-state index in [9.17, 15) is 4.79 Å². The van der Waals surface area contributed by atoms with Crippen LogP contribution in [0.1, 0.15) is 65.7 Å². The zero-order valence-electron chi connectivity index (χ0n) is 13.7. The molecule has 114 valence electrons. The average Bonchev–Trinajstić information content (AvgIpc) is 2.73. The van der Waals surface area contributed by atoms with E-state index in [1.54, 1.807) is 0 Å². The first kappa shape index (κ1) is 17.6. The van der Waals surface area contributed by atoms with Crippen LogP contribution in [0.4, 0.5) is 0 Å². The van der Waals surface area contributed by atoms with Crippen molar-refractivity contribution < 1.29 is 4.79 Å². The molecule has 3 atom stereocenters. The minimum Gasteiger partial charge on any atom is -0.299 e. The minimum atomic E-state index is -0.303. The van der Waals surface area contributed by atoms with Gasteiger partial charge in [-0.2, -0.15) is 0 Å². The summed E-state index contributed by atoms with van der Waals surface area (Å²) in [5, 5.41) is 0. The van der Waals surface area contributed by atoms with Crippen LogP contribution in [0, 0.1) is 41.9 Å². The van der Waals surface area contributed by atoms with Gasteiger partial charge in [0, 0.05) is 24.2 Å². The molecule has 0 amide bonds. The van der Waals surface area contributed by atoms with Gasteiger partial charge in [-0.05, 0) is 44.9 Å². The van der Waals surface area contributed by atoms with E-state index in [-0.39, 0.29) is 11.3 Å². The van der Waals surface area contributed by atoms with Crippen molar-refractivity contribution in [1.29, 1.82) is 0 Å². The molecular formula is C20H28O. The van der Waals surface area contributed by atoms with E-state index < -0.39 is 0 Å². The zero-order chi connectivity index (χ0) is 15.9. The summed E-state index contributed by atoms with van der Waals surface area (Å²) in [6.07, 6.45) is 19.6. The van der Waals surface area contributed by atoms with Gasteiger partial charge < -0.3 is 0 Å². The Morgan fingerprint density at radius 2 is 2.24 bits per heavy atom. The Balaban J connectivity index is 2.44. The van der Waals surface area contributed by atoms with Gasteiger partial charge in [0.1, 0.15) is 5.78 Å². The van der Waals surface area contributed by atoms with E-state index in [1.165, 1.54) is 5.57 Å². The Morgan fingerprint density at radius 1 is 1.52 bits per heavy atom. The summed E-state index contributed by atoms with van der Waals surface area (Å²) < 4.78 is 0. The summed E-state index contributed by atoms with van der Waals surface area (Å²) in [7, 11) is 0. The molecule has 0 unspecified atom stereocenters. The SMILES string of the molecule is C#CC[C@@H](C)CC/C(C)=C/CC[C@]1(C)C(=O)CC[C@H]1C#C. The van der Waals surface area contributed by atoms with Crippen LogP contribution in [-0.4, -0.2) is 5.78 Å². The summed E-state index contributed by atoms with van der Waals surface area (Å²) in [6.45, 7) is 6.41. The van der Waals surface area contributed by atoms with E-state index in [0.717, 1.165) is 38.5 Å². The number of rotatable bonds is 7. The molecule has 1 fully saturated rings. The Morgan fingerprint density at radius 3 is 2.86 bits per heavy atom. The lowest BCUT2D eigenvalue weighted by Crippen LogP contribution is -2.28. The summed E-state index contributed by atoms with van der Waals surface area (Å²) in [5.41, 5.74) is 1.09. The molecule has 0 aromatic carbocycles. The predicted octanol–water partition coefficient (Wildman–Crippen LogP) is 4.77. The van der Waals surface area contributed by atoms with Crippen molar-refractivity contribution in [3.05, 3.63) is 11.6 Å². The van der Waals surface area contributed by atoms with Crippen molar-refractivity contribution in [2.24, 2.45) is 17.3 Å². The van der Waals surface area contributed by atoms with Crippen LogP contribution in [0.2, 0.25) is 0 Å². The smallest absolute Gasteiger partial charge is 0.140 e. The molecule has 0 bridgehead atoms. The fourth-order valence-electron chi connectivity index (χ4n) is 3.15. The number of allylic oxidation sites excluding steroid dienone is 2. The first-order valence-electron chi connectivity index (χ1n) is 8.02. The third kappa shape index (κ3) is 4.78. The lowest BCUT2D eigenvalue weighted by Gasteiger charge is -2.26. The van der Waals surface area contributed by atoms with Gasteiger partial charge >= 0.3 is 0 Å². The number of hydrogen-bond acceptors (Lipinski definition) is 1. The van der Waals surface area contributed by atoms with Crippen LogP contribution in [-0.2, 0) is 4.79 Å². The number of carbonyl (C=O) groups is 1. The fourth-order valence-corrected chi connectivity index (χ4v) is 3.15. The van der Waals surface area contributed by atoms with Crippen LogP contribution in [0.3, 0.4) is 0 Å². The predicted molar refractivity (Wildman–Crippen MR) is 89.5 cm³/mol. The zero-order valence-corrected chi connectivity index (χ0v) is 13.7. The second kappa shape index (κ2) is 8.09. The Labute approximate surface area is 130 Å². The van der Waals surface area contributed by atoms with Gasteiger partial charge in [0.2, 0.25) is 0 Å². The first-order chi connectivity index (χ1) is 9.93. The first-order valence-corrected chi connectivity index (χ1v) is 8.02. The van der Waals surface area contributed by atoms with E-state index in [1.807, 2.05) is 6.92 Å². The monoisotopic (exact) mass is 284 g/mol. The average molecular weight is 284 g/mol. The molecule has 1 nitrogen and oxygen atoms in total. The minimum absolute atomic E-state index is 0.120. The standard InChI is InChI=1S/C20H28O/c1-6-9-16(3)11-12-17(4)10-8-15-20(5)18(7-2)13-14-19(20)21/h1-2,10,16,18H,8-9,11-15H2,3-5H3/b17-10+/t16-,18-,20+/m1/s1. The maximum absolute atomic E-state index is 12.1. The van der Waals surface area contributed by atoms with Crippen LogP contribution in [0.15, 0.2) is 11.6 Å². The lowest BCUT2D eigenvalue weighted by molar-refractivity contribution is -0.126. The van der Waals surface area contributed by atoms with Gasteiger partial charge in [-0.3, -0.25) is 4.79 Å². The highest BCUT2D eigenvalue weighted by Crippen LogP contribution is 2.43. The van der Waals surface area contributed by atoms with Crippen LogP contribution < -0.4 is 0 Å². The third-order valence-electron chi connectivity index (χ3n) is 4.92. The summed E-state index contributed by atoms with van der Waals surface area (Å²) in [5.74, 6) is 6.58. The molecule has 0 saturated heterocycles. The second-order valence-corrected chi connectivity index (χ2v) is 6.74. The molecule has 1 heteroatoms. The maximum Gasteiger partial charge on any atom is 0.140 e. The van der Waals surface area contributed by atoms with Gasteiger partial charge in [-0.25, -0.2) is 0 Å². The van der Waals surface area contributed by atoms with Crippen LogP contribution in [0.25, 0.3) is 0 Å². The largest absolute Gasteiger partial charge is 0.299 e. The van der Waals surface area contributed by atoms with E-state index in [2.05, 4.69) is 31.8 Å². The molecular weight excluding hydrogens is 256 g/mol. The number of carbonyl (C=O) groups excluding carboxylic acids is 1. The summed E-state index contributed by atoms with van der Waals surface area (Å²) >= 11 is 0. The molecule has 0 heterocycles. The molecule has 0 aromatic rings. The Bertz CT molecular complexity index is 471. The second-order valence-electron chi connectivity index (χ2n) is 6.74. The molecule has 21 heavy (non-hydrogen) atoms. The van der Waals surface area contributed by atoms with Crippen molar-refractivity contribution in [3.63, 3.8) is 0 Å². The van der Waals surface area contributed by atoms with E-state index >= 15 is 0 Å². The van der Waals surface area contributed by atoms with Crippen molar-refractivity contribution in [1.82, 2.24) is 0 Å². The highest BCUT2D eigenvalue weighted by atomic mass is 16.1. The molecule has 0 aliphatic heterocycles. The van der Waals surface area contributed by atoms with Gasteiger partial charge in [-0.1, -0.05) is 25.5 Å². The topological polar surface area (TPSA) is 17.1 Å². The number of Topliss-reactive ketones (excluding diaryl/α,β-unsaturated/α-hetero) is 1. The Hall–Kier alpha value is -1.47. The molecule has 1 aliphatic carbocycles. The highest BCUT2D eigenvalue weighted by molar-refractivity contribution is 5.87. The molecule has 0 aromatic heterocycles. The molecule has 1 aliphatic rings. The van der Waals surface area contributed by atoms with Crippen molar-refractivity contribution in [2.75, 3.05) is 0 Å². The van der Waals surface area contributed by atoms with E-state index in [0.29, 0.717) is 18.1 Å². The lowest BCUT2D eigenvalue weighted by atomic mass is 9.75. The van der Waals surface area contributed by atoms with Gasteiger partial charge in [0.15, 0.2) is 0 Å². The summed E-state index contributed by atoms with van der Waals surface area (Å²) in [4.78, 5) is 12.1. The highest BCUT2D eigenvalue weighted by Gasteiger charge is 2.44. The van der Waals surface area contributed by atoms with E-state index in [4.69, 9.17) is 12.8 Å². The normalized spacial score (nSPS) is 27.2. The molecule has 0 radical (unpaired) electrons. The quantitative estimate of drug-likeness (QED) is 0.486. The molecule has 1 saturated carbocycles. The molecule has 0 spiro atoms. The number of hydrogen-bond donors (Lipinski definition) is 0. The van der Waals surface area contributed by atoms with Crippen molar-refractivity contribution >= 4 is 5.78 Å². The number of ketones is 1. The number of terminal acetylenes is 2. The fraction of sp³-hybridized carbons (Fsp3) is 0.650. The maximum atomic E-state index is 12.1. The van der Waals surface area contributed by atoms with Crippen LogP contribution >= 0.6 is 0 Å². The van der Waals surface area contributed by atoms with Gasteiger partial charge in [0.05, 0.1) is 0 Å². The van der Waals surface area contributed by atoms with Crippen LogP contribution in [0.5, 0.6) is 0 Å². The third-order valence-corrected chi connectivity index (χ3v) is 4.92. The van der Waals surface area contributed by atoms with Gasteiger partial charge in [-0.15, -0.1) is 24.7 Å². The Kier molecular flexibility index (Phi) is 6.77. The van der Waals surface area contributed by atoms with Gasteiger partial charge in [0.25, 0.3) is 0 Å². The summed E-state index contributed by atoms with van der Waals surface area (Å²) in [6, 6.07) is 0.